The average molecular weight is 278 g/mol. The van der Waals surface area contributed by atoms with Crippen LogP contribution >= 0.6 is 22.7 Å². The third-order valence-corrected chi connectivity index (χ3v) is 5.13. The van der Waals surface area contributed by atoms with Crippen molar-refractivity contribution in [3.05, 3.63) is 38.0 Å². The first kappa shape index (κ1) is 12.3. The van der Waals surface area contributed by atoms with Gasteiger partial charge in [0.15, 0.2) is 0 Å². The molecule has 18 heavy (non-hydrogen) atoms. The Morgan fingerprint density at radius 2 is 2.33 bits per heavy atom. The van der Waals surface area contributed by atoms with Gasteiger partial charge >= 0.3 is 0 Å². The molecule has 1 fully saturated rings. The SMILES string of the molecule is CCc1nc(C(NC2CC2)c2ccsc2)sc1C. The number of rotatable bonds is 5. The summed E-state index contributed by atoms with van der Waals surface area (Å²) in [4.78, 5) is 6.19. The van der Waals surface area contributed by atoms with Gasteiger partial charge in [0.1, 0.15) is 5.01 Å². The summed E-state index contributed by atoms with van der Waals surface area (Å²) in [6.45, 7) is 4.36. The second-order valence-electron chi connectivity index (χ2n) is 4.84. The summed E-state index contributed by atoms with van der Waals surface area (Å²) in [5.74, 6) is 0. The molecule has 1 saturated carbocycles. The molecule has 1 aliphatic carbocycles. The third-order valence-electron chi connectivity index (χ3n) is 3.35. The number of thiazole rings is 1. The van der Waals surface area contributed by atoms with Gasteiger partial charge in [0, 0.05) is 10.9 Å². The van der Waals surface area contributed by atoms with Gasteiger partial charge in [-0.05, 0) is 48.6 Å². The molecule has 0 aliphatic heterocycles. The van der Waals surface area contributed by atoms with E-state index in [-0.39, 0.29) is 0 Å². The van der Waals surface area contributed by atoms with Gasteiger partial charge in [-0.2, -0.15) is 11.3 Å². The van der Waals surface area contributed by atoms with E-state index in [0.717, 1.165) is 6.42 Å². The molecule has 0 radical (unpaired) electrons. The van der Waals surface area contributed by atoms with Gasteiger partial charge in [0.2, 0.25) is 0 Å². The van der Waals surface area contributed by atoms with Crippen molar-refractivity contribution < 1.29 is 0 Å². The molecule has 1 unspecified atom stereocenters. The van der Waals surface area contributed by atoms with Crippen molar-refractivity contribution >= 4 is 22.7 Å². The van der Waals surface area contributed by atoms with Gasteiger partial charge in [0.25, 0.3) is 0 Å². The zero-order valence-corrected chi connectivity index (χ0v) is 12.4. The van der Waals surface area contributed by atoms with Gasteiger partial charge in [-0.3, -0.25) is 0 Å². The van der Waals surface area contributed by atoms with Crippen LogP contribution in [-0.2, 0) is 6.42 Å². The molecule has 1 N–H and O–H groups in total. The van der Waals surface area contributed by atoms with Gasteiger partial charge in [0.05, 0.1) is 11.7 Å². The van der Waals surface area contributed by atoms with E-state index in [9.17, 15) is 0 Å². The lowest BCUT2D eigenvalue weighted by atomic mass is 10.1. The van der Waals surface area contributed by atoms with Crippen molar-refractivity contribution in [2.75, 3.05) is 0 Å². The summed E-state index contributed by atoms with van der Waals surface area (Å²) in [6, 6.07) is 3.21. The molecule has 0 spiro atoms. The van der Waals surface area contributed by atoms with E-state index in [0.29, 0.717) is 12.1 Å². The lowest BCUT2D eigenvalue weighted by Gasteiger charge is -2.14. The van der Waals surface area contributed by atoms with Gasteiger partial charge in [-0.1, -0.05) is 6.92 Å². The Hall–Kier alpha value is -0.710. The molecular weight excluding hydrogens is 260 g/mol. The number of hydrogen-bond donors (Lipinski definition) is 1. The van der Waals surface area contributed by atoms with Crippen LogP contribution in [0.3, 0.4) is 0 Å². The Bertz CT molecular complexity index is 512. The number of aromatic nitrogens is 1. The van der Waals surface area contributed by atoms with Crippen molar-refractivity contribution in [1.29, 1.82) is 0 Å². The summed E-state index contributed by atoms with van der Waals surface area (Å²) < 4.78 is 0. The maximum Gasteiger partial charge on any atom is 0.115 e. The molecule has 0 amide bonds. The van der Waals surface area contributed by atoms with Crippen LogP contribution in [0.1, 0.15) is 46.9 Å². The van der Waals surface area contributed by atoms with E-state index in [1.807, 2.05) is 11.3 Å². The van der Waals surface area contributed by atoms with E-state index < -0.39 is 0 Å². The fraction of sp³-hybridized carbons (Fsp3) is 0.500. The smallest absolute Gasteiger partial charge is 0.115 e. The largest absolute Gasteiger partial charge is 0.301 e. The van der Waals surface area contributed by atoms with Gasteiger partial charge in [-0.15, -0.1) is 11.3 Å². The first-order valence-electron chi connectivity index (χ1n) is 6.52. The fourth-order valence-electron chi connectivity index (χ4n) is 2.14. The molecule has 4 heteroatoms. The van der Waals surface area contributed by atoms with Crippen LogP contribution in [0.2, 0.25) is 0 Å². The van der Waals surface area contributed by atoms with Crippen molar-refractivity contribution in [3.63, 3.8) is 0 Å². The first-order chi connectivity index (χ1) is 8.78. The standard InChI is InChI=1S/C14H18N2S2/c1-3-12-9(2)18-14(16-12)13(15-11-4-5-11)10-6-7-17-8-10/h6-8,11,13,15H,3-5H2,1-2H3. The minimum Gasteiger partial charge on any atom is -0.301 e. The van der Waals surface area contributed by atoms with E-state index in [4.69, 9.17) is 4.98 Å². The summed E-state index contributed by atoms with van der Waals surface area (Å²) in [7, 11) is 0. The normalized spacial score (nSPS) is 17.0. The Morgan fingerprint density at radius 3 is 2.89 bits per heavy atom. The zero-order chi connectivity index (χ0) is 12.5. The van der Waals surface area contributed by atoms with Crippen molar-refractivity contribution in [1.82, 2.24) is 10.3 Å². The number of thiophene rings is 1. The molecule has 1 atom stereocenters. The molecular formula is C14H18N2S2. The lowest BCUT2D eigenvalue weighted by molar-refractivity contribution is 0.598. The van der Waals surface area contributed by atoms with Crippen LogP contribution in [0.5, 0.6) is 0 Å². The highest BCUT2D eigenvalue weighted by Gasteiger charge is 2.28. The van der Waals surface area contributed by atoms with E-state index >= 15 is 0 Å². The monoisotopic (exact) mass is 278 g/mol. The maximum atomic E-state index is 4.83. The van der Waals surface area contributed by atoms with E-state index in [1.54, 1.807) is 11.3 Å². The van der Waals surface area contributed by atoms with Crippen molar-refractivity contribution in [2.24, 2.45) is 0 Å². The van der Waals surface area contributed by atoms with Gasteiger partial charge < -0.3 is 5.32 Å². The van der Waals surface area contributed by atoms with Crippen LogP contribution in [0.25, 0.3) is 0 Å². The molecule has 0 saturated heterocycles. The molecule has 3 rings (SSSR count). The van der Waals surface area contributed by atoms with Crippen LogP contribution < -0.4 is 5.32 Å². The summed E-state index contributed by atoms with van der Waals surface area (Å²) in [6.07, 6.45) is 3.65. The minimum atomic E-state index is 0.299. The van der Waals surface area contributed by atoms with Crippen LogP contribution in [0.4, 0.5) is 0 Å². The summed E-state index contributed by atoms with van der Waals surface area (Å²) >= 11 is 3.61. The number of aryl methyl sites for hydroxylation is 2. The van der Waals surface area contributed by atoms with Crippen LogP contribution in [-0.4, -0.2) is 11.0 Å². The van der Waals surface area contributed by atoms with E-state index in [1.165, 1.54) is 34.0 Å². The summed E-state index contributed by atoms with van der Waals surface area (Å²) in [5.41, 5.74) is 2.62. The van der Waals surface area contributed by atoms with Crippen molar-refractivity contribution in [3.8, 4) is 0 Å². The molecule has 2 aromatic heterocycles. The zero-order valence-electron chi connectivity index (χ0n) is 10.8. The highest BCUT2D eigenvalue weighted by molar-refractivity contribution is 7.11. The first-order valence-corrected chi connectivity index (χ1v) is 8.28. The molecule has 0 bridgehead atoms. The minimum absolute atomic E-state index is 0.299. The Morgan fingerprint density at radius 1 is 1.50 bits per heavy atom. The lowest BCUT2D eigenvalue weighted by Crippen LogP contribution is -2.23. The third kappa shape index (κ3) is 2.51. The number of nitrogens with one attached hydrogen (secondary N) is 1. The molecule has 0 aromatic carbocycles. The van der Waals surface area contributed by atoms with Gasteiger partial charge in [-0.25, -0.2) is 4.98 Å². The van der Waals surface area contributed by atoms with Crippen molar-refractivity contribution in [2.45, 2.75) is 45.2 Å². The average Bonchev–Trinajstić information content (AvgIpc) is 2.90. The topological polar surface area (TPSA) is 24.9 Å². The van der Waals surface area contributed by atoms with E-state index in [2.05, 4.69) is 36.0 Å². The molecule has 2 nitrogen and oxygen atoms in total. The fourth-order valence-corrected chi connectivity index (χ4v) is 3.92. The Labute approximate surface area is 116 Å². The predicted molar refractivity (Wildman–Crippen MR) is 78.5 cm³/mol. The molecule has 1 aliphatic rings. The van der Waals surface area contributed by atoms with Crippen LogP contribution in [0, 0.1) is 6.92 Å². The second kappa shape index (κ2) is 5.11. The second-order valence-corrected chi connectivity index (χ2v) is 6.85. The molecule has 2 aromatic rings. The molecule has 2 heterocycles. The highest BCUT2D eigenvalue weighted by Crippen LogP contribution is 2.33. The Kier molecular flexibility index (Phi) is 3.50. The number of nitrogens with zero attached hydrogens (tertiary/aromatic N) is 1. The molecule has 96 valence electrons. The highest BCUT2D eigenvalue weighted by atomic mass is 32.1. The summed E-state index contributed by atoms with van der Waals surface area (Å²) in [5, 5.41) is 9.35. The Balaban J connectivity index is 1.91. The van der Waals surface area contributed by atoms with Crippen LogP contribution in [0.15, 0.2) is 16.8 Å². The number of hydrogen-bond acceptors (Lipinski definition) is 4. The quantitative estimate of drug-likeness (QED) is 0.896. The predicted octanol–water partition coefficient (Wildman–Crippen LogP) is 3.92. The maximum absolute atomic E-state index is 4.83.